The standard InChI is InChI=1S/C46H61N3O7/c1-30(2)19-21-54-38-25-34(23-36(27-38)47-44(51)40-16-10-9-13-32(40)5)43(50)49-42-18-12-11-17-41(42)45(52)48-37-24-35(26-39(28-37)55-22-20-31(3)4)46(53)56-29-33-14-7-6-8-15-33/h6-8,14-15,23-28,30-32,40-42H,9-13,16-22,29H2,1-5H3,(H,47,51)(H,48,52)(H,49,50). The molecule has 2 aliphatic rings. The van der Waals surface area contributed by atoms with Crippen LogP contribution in [0.5, 0.6) is 11.5 Å². The molecule has 56 heavy (non-hydrogen) atoms. The predicted molar refractivity (Wildman–Crippen MR) is 220 cm³/mol. The quantitative estimate of drug-likeness (QED) is 0.117. The fourth-order valence-electron chi connectivity index (χ4n) is 7.43. The molecule has 4 unspecified atom stereocenters. The van der Waals surface area contributed by atoms with Crippen molar-refractivity contribution in [3.63, 3.8) is 0 Å². The molecule has 3 N–H and O–H groups in total. The molecule has 4 atom stereocenters. The topological polar surface area (TPSA) is 132 Å². The lowest BCUT2D eigenvalue weighted by atomic mass is 9.80. The number of benzene rings is 3. The average Bonchev–Trinajstić information content (AvgIpc) is 3.17. The van der Waals surface area contributed by atoms with E-state index < -0.39 is 17.9 Å². The first kappa shape index (κ1) is 42.3. The third kappa shape index (κ3) is 12.8. The second kappa shape index (κ2) is 20.9. The summed E-state index contributed by atoms with van der Waals surface area (Å²) in [6.07, 6.45) is 8.65. The van der Waals surface area contributed by atoms with Crippen molar-refractivity contribution >= 4 is 35.1 Å². The monoisotopic (exact) mass is 767 g/mol. The molecule has 10 heteroatoms. The number of anilines is 2. The predicted octanol–water partition coefficient (Wildman–Crippen LogP) is 9.59. The van der Waals surface area contributed by atoms with Gasteiger partial charge in [-0.05, 0) is 86.1 Å². The molecule has 0 spiro atoms. The van der Waals surface area contributed by atoms with E-state index in [0.29, 0.717) is 72.2 Å². The maximum Gasteiger partial charge on any atom is 0.338 e. The molecular weight excluding hydrogens is 707 g/mol. The molecule has 302 valence electrons. The Labute approximate surface area is 332 Å². The van der Waals surface area contributed by atoms with E-state index in [9.17, 15) is 19.2 Å². The van der Waals surface area contributed by atoms with Crippen LogP contribution in [0, 0.1) is 29.6 Å². The lowest BCUT2D eigenvalue weighted by Gasteiger charge is -2.31. The molecule has 2 saturated carbocycles. The number of rotatable bonds is 17. The maximum absolute atomic E-state index is 14.0. The lowest BCUT2D eigenvalue weighted by Crippen LogP contribution is -2.46. The van der Waals surface area contributed by atoms with Crippen molar-refractivity contribution < 1.29 is 33.4 Å². The van der Waals surface area contributed by atoms with Crippen LogP contribution >= 0.6 is 0 Å². The van der Waals surface area contributed by atoms with E-state index in [1.807, 2.05) is 30.3 Å². The Kier molecular flexibility index (Phi) is 15.8. The van der Waals surface area contributed by atoms with Crippen LogP contribution in [0.4, 0.5) is 11.4 Å². The molecule has 10 nitrogen and oxygen atoms in total. The molecule has 0 aromatic heterocycles. The van der Waals surface area contributed by atoms with Crippen molar-refractivity contribution in [2.45, 2.75) is 111 Å². The molecule has 0 aliphatic heterocycles. The molecule has 2 aliphatic carbocycles. The van der Waals surface area contributed by atoms with E-state index in [1.165, 1.54) is 0 Å². The molecule has 0 saturated heterocycles. The summed E-state index contributed by atoms with van der Waals surface area (Å²) in [7, 11) is 0. The number of ether oxygens (including phenoxy) is 3. The van der Waals surface area contributed by atoms with Crippen molar-refractivity contribution in [2.24, 2.45) is 29.6 Å². The van der Waals surface area contributed by atoms with Crippen molar-refractivity contribution in [3.05, 3.63) is 83.4 Å². The molecule has 0 bridgehead atoms. The van der Waals surface area contributed by atoms with Crippen LogP contribution in [-0.4, -0.2) is 42.9 Å². The van der Waals surface area contributed by atoms with Crippen LogP contribution in [0.2, 0.25) is 0 Å². The summed E-state index contributed by atoms with van der Waals surface area (Å²) in [5, 5.41) is 9.25. The lowest BCUT2D eigenvalue weighted by molar-refractivity contribution is -0.122. The summed E-state index contributed by atoms with van der Waals surface area (Å²) in [6, 6.07) is 19.2. The molecule has 3 amide bonds. The Balaban J connectivity index is 1.31. The largest absolute Gasteiger partial charge is 0.493 e. The van der Waals surface area contributed by atoms with Crippen LogP contribution in [-0.2, 0) is 20.9 Å². The zero-order chi connectivity index (χ0) is 40.0. The van der Waals surface area contributed by atoms with Gasteiger partial charge in [0.15, 0.2) is 0 Å². The van der Waals surface area contributed by atoms with Crippen molar-refractivity contribution in [1.29, 1.82) is 0 Å². The SMILES string of the molecule is CC(C)CCOc1cc(NC(=O)C2CCCCC2C)cc(C(=O)NC2CCCCC2C(=O)Nc2cc(OCCC(C)C)cc(C(=O)OCc3ccccc3)c2)c1. The first-order chi connectivity index (χ1) is 26.9. The molecule has 0 radical (unpaired) electrons. The normalized spacial score (nSPS) is 19.6. The van der Waals surface area contributed by atoms with Gasteiger partial charge in [-0.1, -0.05) is 90.6 Å². The number of hydrogen-bond donors (Lipinski definition) is 3. The van der Waals surface area contributed by atoms with Gasteiger partial charge in [0.05, 0.1) is 24.7 Å². The second-order valence-corrected chi connectivity index (χ2v) is 16.4. The molecule has 3 aromatic carbocycles. The highest BCUT2D eigenvalue weighted by atomic mass is 16.5. The smallest absolute Gasteiger partial charge is 0.338 e. The molecule has 2 fully saturated rings. The van der Waals surface area contributed by atoms with E-state index >= 15 is 0 Å². The minimum atomic E-state index is -0.527. The number of esters is 1. The van der Waals surface area contributed by atoms with Crippen LogP contribution in [0.25, 0.3) is 0 Å². The summed E-state index contributed by atoms with van der Waals surface area (Å²) in [6.45, 7) is 11.7. The zero-order valence-corrected chi connectivity index (χ0v) is 33.9. The maximum atomic E-state index is 14.0. The van der Waals surface area contributed by atoms with Crippen LogP contribution < -0.4 is 25.4 Å². The number of nitrogens with one attached hydrogen (secondary N) is 3. The first-order valence-corrected chi connectivity index (χ1v) is 20.6. The summed E-state index contributed by atoms with van der Waals surface area (Å²) in [5.41, 5.74) is 2.42. The van der Waals surface area contributed by atoms with Gasteiger partial charge in [-0.2, -0.15) is 0 Å². The van der Waals surface area contributed by atoms with Crippen molar-refractivity contribution in [1.82, 2.24) is 5.32 Å². The van der Waals surface area contributed by atoms with Crippen LogP contribution in [0.1, 0.15) is 125 Å². The van der Waals surface area contributed by atoms with Gasteiger partial charge >= 0.3 is 5.97 Å². The van der Waals surface area contributed by atoms with Gasteiger partial charge in [-0.15, -0.1) is 0 Å². The Morgan fingerprint density at radius 3 is 1.80 bits per heavy atom. The van der Waals surface area contributed by atoms with Gasteiger partial charge in [-0.3, -0.25) is 14.4 Å². The minimum Gasteiger partial charge on any atom is -0.493 e. The van der Waals surface area contributed by atoms with Gasteiger partial charge in [0, 0.05) is 41.0 Å². The molecule has 5 rings (SSSR count). The fourth-order valence-corrected chi connectivity index (χ4v) is 7.43. The Morgan fingerprint density at radius 1 is 0.661 bits per heavy atom. The summed E-state index contributed by atoms with van der Waals surface area (Å²) < 4.78 is 17.7. The first-order valence-electron chi connectivity index (χ1n) is 20.6. The Hall–Kier alpha value is -4.86. The van der Waals surface area contributed by atoms with Crippen LogP contribution in [0.3, 0.4) is 0 Å². The summed E-state index contributed by atoms with van der Waals surface area (Å²) in [5.74, 6) is 0.413. The van der Waals surface area contributed by atoms with Gasteiger partial charge in [-0.25, -0.2) is 4.79 Å². The van der Waals surface area contributed by atoms with E-state index in [-0.39, 0.29) is 35.8 Å². The Bertz CT molecular complexity index is 1780. The number of hydrogen-bond acceptors (Lipinski definition) is 7. The summed E-state index contributed by atoms with van der Waals surface area (Å²) >= 11 is 0. The molecule has 0 heterocycles. The van der Waals surface area contributed by atoms with Gasteiger partial charge in [0.1, 0.15) is 18.1 Å². The van der Waals surface area contributed by atoms with Gasteiger partial charge in [0.2, 0.25) is 11.8 Å². The van der Waals surface area contributed by atoms with E-state index in [4.69, 9.17) is 14.2 Å². The highest BCUT2D eigenvalue weighted by Crippen LogP contribution is 2.32. The highest BCUT2D eigenvalue weighted by Gasteiger charge is 2.33. The highest BCUT2D eigenvalue weighted by molar-refractivity contribution is 6.00. The van der Waals surface area contributed by atoms with E-state index in [2.05, 4.69) is 50.6 Å². The molecule has 3 aromatic rings. The third-order valence-corrected chi connectivity index (χ3v) is 10.9. The zero-order valence-electron chi connectivity index (χ0n) is 33.9. The summed E-state index contributed by atoms with van der Waals surface area (Å²) in [4.78, 5) is 54.6. The number of carbonyl (C=O) groups excluding carboxylic acids is 4. The number of carbonyl (C=O) groups is 4. The Morgan fingerprint density at radius 2 is 1.20 bits per heavy atom. The average molecular weight is 768 g/mol. The third-order valence-electron chi connectivity index (χ3n) is 10.9. The van der Waals surface area contributed by atoms with Crippen molar-refractivity contribution in [3.8, 4) is 11.5 Å². The number of amides is 3. The van der Waals surface area contributed by atoms with E-state index in [1.54, 1.807) is 36.4 Å². The van der Waals surface area contributed by atoms with Gasteiger partial charge in [0.25, 0.3) is 5.91 Å². The minimum absolute atomic E-state index is 0.0334. The van der Waals surface area contributed by atoms with Gasteiger partial charge < -0.3 is 30.2 Å². The fraction of sp³-hybridized carbons (Fsp3) is 0.522. The second-order valence-electron chi connectivity index (χ2n) is 16.4. The molecular formula is C46H61N3O7. The van der Waals surface area contributed by atoms with Crippen LogP contribution in [0.15, 0.2) is 66.7 Å². The van der Waals surface area contributed by atoms with E-state index in [0.717, 1.165) is 56.9 Å². The van der Waals surface area contributed by atoms with Crippen molar-refractivity contribution in [2.75, 3.05) is 23.8 Å².